The van der Waals surface area contributed by atoms with Gasteiger partial charge in [0.15, 0.2) is 0 Å². The Balaban J connectivity index is 1.94. The van der Waals surface area contributed by atoms with Gasteiger partial charge in [-0.1, -0.05) is 0 Å². The van der Waals surface area contributed by atoms with Gasteiger partial charge in [0.2, 0.25) is 0 Å². The van der Waals surface area contributed by atoms with Crippen LogP contribution in [0.4, 0.5) is 11.4 Å². The molecule has 6 nitrogen and oxygen atoms in total. The first-order valence-electron chi connectivity index (χ1n) is 9.03. The van der Waals surface area contributed by atoms with Crippen molar-refractivity contribution in [3.63, 3.8) is 0 Å². The number of aromatic hydroxyl groups is 1. The summed E-state index contributed by atoms with van der Waals surface area (Å²) in [4.78, 5) is 9.48. The van der Waals surface area contributed by atoms with E-state index in [0.717, 1.165) is 54.0 Å². The molecule has 1 aliphatic heterocycles. The van der Waals surface area contributed by atoms with Crippen LogP contribution in [0.15, 0.2) is 42.5 Å². The number of phenols is 1. The molecule has 3 aromatic rings. The lowest BCUT2D eigenvalue weighted by molar-refractivity contribution is 0.313. The highest BCUT2D eigenvalue weighted by atomic mass is 16.3. The summed E-state index contributed by atoms with van der Waals surface area (Å²) in [5.41, 5.74) is 11.1. The van der Waals surface area contributed by atoms with E-state index < -0.39 is 0 Å². The molecule has 1 aliphatic rings. The predicted octanol–water partition coefficient (Wildman–Crippen LogP) is 2.94. The number of aromatic nitrogens is 1. The van der Waals surface area contributed by atoms with E-state index in [1.54, 1.807) is 12.1 Å². The molecule has 27 heavy (non-hydrogen) atoms. The lowest BCUT2D eigenvalue weighted by atomic mass is 10.0. The van der Waals surface area contributed by atoms with Crippen LogP contribution in [0.3, 0.4) is 0 Å². The molecule has 1 aromatic heterocycles. The number of nitrogens with two attached hydrogens (primary N) is 1. The number of nitrogens with one attached hydrogen (secondary N) is 1. The highest BCUT2D eigenvalue weighted by Crippen LogP contribution is 2.35. The number of piperazine rings is 1. The number of hydrogen-bond donors (Lipinski definition) is 3. The Hall–Kier alpha value is -3.12. The van der Waals surface area contributed by atoms with E-state index in [4.69, 9.17) is 16.1 Å². The van der Waals surface area contributed by atoms with E-state index in [0.29, 0.717) is 11.3 Å². The van der Waals surface area contributed by atoms with Gasteiger partial charge in [-0.15, -0.1) is 0 Å². The Morgan fingerprint density at radius 3 is 2.44 bits per heavy atom. The molecule has 6 heteroatoms. The first kappa shape index (κ1) is 17.3. The van der Waals surface area contributed by atoms with Crippen molar-refractivity contribution >= 4 is 28.5 Å². The molecule has 4 N–H and O–H groups in total. The summed E-state index contributed by atoms with van der Waals surface area (Å²) >= 11 is 0. The quantitative estimate of drug-likeness (QED) is 0.493. The van der Waals surface area contributed by atoms with E-state index in [2.05, 4.69) is 22.9 Å². The molecular weight excluding hydrogens is 338 g/mol. The van der Waals surface area contributed by atoms with Crippen LogP contribution in [0.1, 0.15) is 5.56 Å². The molecule has 0 unspecified atom stereocenters. The molecule has 0 amide bonds. The number of nitrogen functional groups attached to an aromatic ring is 1. The van der Waals surface area contributed by atoms with Crippen molar-refractivity contribution in [2.24, 2.45) is 0 Å². The molecule has 2 aromatic carbocycles. The van der Waals surface area contributed by atoms with Crippen LogP contribution in [0.5, 0.6) is 5.75 Å². The third kappa shape index (κ3) is 3.19. The third-order valence-corrected chi connectivity index (χ3v) is 5.18. The van der Waals surface area contributed by atoms with Gasteiger partial charge in [0, 0.05) is 60.3 Å². The third-order valence-electron chi connectivity index (χ3n) is 5.18. The van der Waals surface area contributed by atoms with Crippen LogP contribution in [0.2, 0.25) is 0 Å². The monoisotopic (exact) mass is 361 g/mol. The van der Waals surface area contributed by atoms with Gasteiger partial charge in [-0.3, -0.25) is 0 Å². The van der Waals surface area contributed by atoms with Crippen molar-refractivity contribution in [2.75, 3.05) is 43.9 Å². The summed E-state index contributed by atoms with van der Waals surface area (Å²) in [6.45, 7) is 3.80. The molecule has 0 atom stereocenters. The van der Waals surface area contributed by atoms with E-state index in [9.17, 15) is 5.11 Å². The second-order valence-electron chi connectivity index (χ2n) is 6.97. The van der Waals surface area contributed by atoms with Crippen molar-refractivity contribution in [2.45, 2.75) is 0 Å². The van der Waals surface area contributed by atoms with Gasteiger partial charge in [-0.25, -0.2) is 4.98 Å². The van der Waals surface area contributed by atoms with Crippen LogP contribution in [-0.4, -0.2) is 54.4 Å². The highest BCUT2D eigenvalue weighted by Gasteiger charge is 2.20. The van der Waals surface area contributed by atoms with Gasteiger partial charge in [-0.05, 0) is 49.5 Å². The lowest BCUT2D eigenvalue weighted by Gasteiger charge is -2.35. The number of anilines is 2. The van der Waals surface area contributed by atoms with Crippen LogP contribution in [0, 0.1) is 5.41 Å². The number of benzene rings is 2. The maximum atomic E-state index is 9.59. The minimum atomic E-state index is 0.234. The standard InChI is InChI=1S/C21H23N5O/c1-25-8-10-26(11-9-25)20-12-19(14-2-4-15(27)5-3-14)24-18-7-6-17(23)16(13-22)21(18)20/h2-7,12-13,22,27H,8-11,23H2,1H3. The highest BCUT2D eigenvalue weighted by molar-refractivity contribution is 6.09. The zero-order valence-electron chi connectivity index (χ0n) is 15.3. The summed E-state index contributed by atoms with van der Waals surface area (Å²) < 4.78 is 0. The van der Waals surface area contributed by atoms with Crippen LogP contribution in [0.25, 0.3) is 22.2 Å². The lowest BCUT2D eigenvalue weighted by Crippen LogP contribution is -2.44. The number of fused-ring (bicyclic) bond motifs is 1. The van der Waals surface area contributed by atoms with Crippen LogP contribution >= 0.6 is 0 Å². The largest absolute Gasteiger partial charge is 0.508 e. The summed E-state index contributed by atoms with van der Waals surface area (Å²) in [5.74, 6) is 0.234. The molecule has 0 radical (unpaired) electrons. The minimum absolute atomic E-state index is 0.234. The van der Waals surface area contributed by atoms with Crippen molar-refractivity contribution in [1.29, 1.82) is 5.41 Å². The molecule has 0 spiro atoms. The van der Waals surface area contributed by atoms with Crippen LogP contribution in [-0.2, 0) is 0 Å². The fourth-order valence-electron chi connectivity index (χ4n) is 3.58. The van der Waals surface area contributed by atoms with Crippen LogP contribution < -0.4 is 10.6 Å². The van der Waals surface area contributed by atoms with Crippen molar-refractivity contribution in [3.05, 3.63) is 48.0 Å². The topological polar surface area (TPSA) is 89.5 Å². The molecule has 0 bridgehead atoms. The number of phenolic OH excluding ortho intramolecular Hbond substituents is 1. The molecule has 1 fully saturated rings. The molecule has 1 saturated heterocycles. The molecular formula is C21H23N5O. The Morgan fingerprint density at radius 1 is 1.07 bits per heavy atom. The van der Waals surface area contributed by atoms with Gasteiger partial charge >= 0.3 is 0 Å². The van der Waals surface area contributed by atoms with Gasteiger partial charge in [0.1, 0.15) is 5.75 Å². The zero-order valence-corrected chi connectivity index (χ0v) is 15.3. The Labute approximate surface area is 158 Å². The Kier molecular flexibility index (Phi) is 4.41. The van der Waals surface area contributed by atoms with Crippen molar-refractivity contribution < 1.29 is 5.11 Å². The number of likely N-dealkylation sites (N-methyl/N-ethyl adjacent to an activating group) is 1. The van der Waals surface area contributed by atoms with Gasteiger partial charge < -0.3 is 26.0 Å². The fourth-order valence-corrected chi connectivity index (χ4v) is 3.58. The Morgan fingerprint density at radius 2 is 1.78 bits per heavy atom. The molecule has 138 valence electrons. The number of rotatable bonds is 3. The number of pyridine rings is 1. The van der Waals surface area contributed by atoms with Gasteiger partial charge in [-0.2, -0.15) is 0 Å². The van der Waals surface area contributed by atoms with Crippen molar-refractivity contribution in [3.8, 4) is 17.0 Å². The van der Waals surface area contributed by atoms with Gasteiger partial charge in [0.25, 0.3) is 0 Å². The van der Waals surface area contributed by atoms with E-state index in [-0.39, 0.29) is 5.75 Å². The average Bonchev–Trinajstić information content (AvgIpc) is 2.68. The summed E-state index contributed by atoms with van der Waals surface area (Å²) in [6.07, 6.45) is 1.32. The number of hydrogen-bond acceptors (Lipinski definition) is 6. The summed E-state index contributed by atoms with van der Waals surface area (Å²) in [6, 6.07) is 12.9. The molecule has 0 saturated carbocycles. The van der Waals surface area contributed by atoms with E-state index in [1.807, 2.05) is 24.3 Å². The zero-order chi connectivity index (χ0) is 19.0. The van der Waals surface area contributed by atoms with Gasteiger partial charge in [0.05, 0.1) is 11.2 Å². The van der Waals surface area contributed by atoms with E-state index >= 15 is 0 Å². The molecule has 2 heterocycles. The normalized spacial score (nSPS) is 15.2. The minimum Gasteiger partial charge on any atom is -0.508 e. The SMILES string of the molecule is CN1CCN(c2cc(-c3ccc(O)cc3)nc3ccc(N)c(C=N)c23)CC1. The maximum absolute atomic E-state index is 9.59. The average molecular weight is 361 g/mol. The molecule has 4 rings (SSSR count). The predicted molar refractivity (Wildman–Crippen MR) is 111 cm³/mol. The molecule has 0 aliphatic carbocycles. The summed E-state index contributed by atoms with van der Waals surface area (Å²) in [7, 11) is 2.13. The number of nitrogens with zero attached hydrogens (tertiary/aromatic N) is 3. The fraction of sp³-hybridized carbons (Fsp3) is 0.238. The van der Waals surface area contributed by atoms with E-state index in [1.165, 1.54) is 6.21 Å². The first-order valence-corrected chi connectivity index (χ1v) is 9.03. The second-order valence-corrected chi connectivity index (χ2v) is 6.97. The second kappa shape index (κ2) is 6.89. The Bertz CT molecular complexity index is 992. The summed E-state index contributed by atoms with van der Waals surface area (Å²) in [5, 5.41) is 18.4. The smallest absolute Gasteiger partial charge is 0.115 e. The van der Waals surface area contributed by atoms with Crippen molar-refractivity contribution in [1.82, 2.24) is 9.88 Å². The first-order chi connectivity index (χ1) is 13.1. The maximum Gasteiger partial charge on any atom is 0.115 e.